The molecule has 5 heteroatoms. The Bertz CT molecular complexity index is 741. The van der Waals surface area contributed by atoms with E-state index in [-0.39, 0.29) is 6.03 Å². The predicted molar refractivity (Wildman–Crippen MR) is 106 cm³/mol. The van der Waals surface area contributed by atoms with Crippen molar-refractivity contribution in [2.24, 2.45) is 0 Å². The van der Waals surface area contributed by atoms with Gasteiger partial charge in [0.2, 0.25) is 0 Å². The first kappa shape index (κ1) is 17.1. The molecular formula is C21H28N4O. The molecule has 1 N–H and O–H groups in total. The zero-order chi connectivity index (χ0) is 17.8. The van der Waals surface area contributed by atoms with Crippen LogP contribution in [0, 0.1) is 0 Å². The number of piperazine rings is 1. The summed E-state index contributed by atoms with van der Waals surface area (Å²) in [6.45, 7) is 3.24. The minimum atomic E-state index is 0.118. The second kappa shape index (κ2) is 7.94. The van der Waals surface area contributed by atoms with Crippen molar-refractivity contribution in [1.29, 1.82) is 0 Å². The maximum absolute atomic E-state index is 12.6. The van der Waals surface area contributed by atoms with Gasteiger partial charge in [-0.15, -0.1) is 0 Å². The number of rotatable bonds is 2. The molecule has 2 amide bonds. The molecule has 0 spiro atoms. The van der Waals surface area contributed by atoms with Gasteiger partial charge in [-0.1, -0.05) is 43.9 Å². The highest BCUT2D eigenvalue weighted by molar-refractivity contribution is 5.90. The second-order valence-electron chi connectivity index (χ2n) is 7.46. The summed E-state index contributed by atoms with van der Waals surface area (Å²) in [4.78, 5) is 21.5. The molecule has 0 bridgehead atoms. The lowest BCUT2D eigenvalue weighted by Crippen LogP contribution is -2.53. The molecule has 0 unspecified atom stereocenters. The Labute approximate surface area is 155 Å². The van der Waals surface area contributed by atoms with Crippen LogP contribution in [0.1, 0.15) is 38.5 Å². The summed E-state index contributed by atoms with van der Waals surface area (Å²) in [6, 6.07) is 10.9. The van der Waals surface area contributed by atoms with Crippen molar-refractivity contribution in [1.82, 2.24) is 15.2 Å². The van der Waals surface area contributed by atoms with E-state index in [2.05, 4.69) is 39.5 Å². The molecule has 2 heterocycles. The maximum Gasteiger partial charge on any atom is 0.317 e. The van der Waals surface area contributed by atoms with Crippen LogP contribution >= 0.6 is 0 Å². The Morgan fingerprint density at radius 2 is 1.69 bits per heavy atom. The fourth-order valence-corrected chi connectivity index (χ4v) is 4.18. The van der Waals surface area contributed by atoms with Crippen LogP contribution in [0.25, 0.3) is 10.9 Å². The van der Waals surface area contributed by atoms with Crippen LogP contribution in [0.3, 0.4) is 0 Å². The van der Waals surface area contributed by atoms with E-state index in [1.54, 1.807) is 0 Å². The zero-order valence-corrected chi connectivity index (χ0v) is 15.4. The van der Waals surface area contributed by atoms with Crippen molar-refractivity contribution < 1.29 is 4.79 Å². The fraction of sp³-hybridized carbons (Fsp3) is 0.524. The quantitative estimate of drug-likeness (QED) is 0.837. The third kappa shape index (κ3) is 3.76. The van der Waals surface area contributed by atoms with Crippen LogP contribution < -0.4 is 10.2 Å². The van der Waals surface area contributed by atoms with E-state index >= 15 is 0 Å². The molecule has 5 nitrogen and oxygen atoms in total. The van der Waals surface area contributed by atoms with Crippen molar-refractivity contribution in [3.8, 4) is 0 Å². The molecule has 0 atom stereocenters. The van der Waals surface area contributed by atoms with Gasteiger partial charge in [0, 0.05) is 43.8 Å². The van der Waals surface area contributed by atoms with Crippen molar-refractivity contribution in [2.75, 3.05) is 31.1 Å². The van der Waals surface area contributed by atoms with Gasteiger partial charge >= 0.3 is 6.03 Å². The molecule has 26 heavy (non-hydrogen) atoms. The SMILES string of the molecule is O=C(NC1CCCCCC1)N1CCN(c2cccc3cccnc23)CC1. The van der Waals surface area contributed by atoms with Gasteiger partial charge in [-0.25, -0.2) is 4.79 Å². The lowest BCUT2D eigenvalue weighted by atomic mass is 10.1. The average molecular weight is 352 g/mol. The van der Waals surface area contributed by atoms with Gasteiger partial charge in [-0.2, -0.15) is 0 Å². The number of carbonyl (C=O) groups excluding carboxylic acids is 1. The number of hydrogen-bond donors (Lipinski definition) is 1. The van der Waals surface area contributed by atoms with Crippen molar-refractivity contribution in [3.05, 3.63) is 36.5 Å². The number of urea groups is 1. The molecular weight excluding hydrogens is 324 g/mol. The normalized spacial score (nSPS) is 19.4. The minimum Gasteiger partial charge on any atom is -0.366 e. The Morgan fingerprint density at radius 1 is 0.962 bits per heavy atom. The van der Waals surface area contributed by atoms with E-state index in [1.165, 1.54) is 36.8 Å². The van der Waals surface area contributed by atoms with Gasteiger partial charge in [0.1, 0.15) is 0 Å². The molecule has 2 fully saturated rings. The molecule has 2 aromatic rings. The van der Waals surface area contributed by atoms with E-state index in [9.17, 15) is 4.79 Å². The van der Waals surface area contributed by atoms with Crippen LogP contribution in [-0.2, 0) is 0 Å². The topological polar surface area (TPSA) is 48.5 Å². The molecule has 4 rings (SSSR count). The molecule has 1 saturated carbocycles. The predicted octanol–water partition coefficient (Wildman–Crippen LogP) is 3.79. The van der Waals surface area contributed by atoms with Crippen LogP contribution in [-0.4, -0.2) is 48.1 Å². The summed E-state index contributed by atoms with van der Waals surface area (Å²) in [5, 5.41) is 4.43. The van der Waals surface area contributed by atoms with Gasteiger partial charge in [0.25, 0.3) is 0 Å². The number of para-hydroxylation sites is 1. The average Bonchev–Trinajstić information content (AvgIpc) is 2.96. The minimum absolute atomic E-state index is 0.118. The smallest absolute Gasteiger partial charge is 0.317 e. The van der Waals surface area contributed by atoms with Crippen LogP contribution in [0.15, 0.2) is 36.5 Å². The van der Waals surface area contributed by atoms with Gasteiger partial charge in [0.15, 0.2) is 0 Å². The molecule has 2 aliphatic rings. The number of amides is 2. The van der Waals surface area contributed by atoms with E-state index in [1.807, 2.05) is 17.2 Å². The van der Waals surface area contributed by atoms with Crippen molar-refractivity contribution in [2.45, 2.75) is 44.6 Å². The first-order valence-corrected chi connectivity index (χ1v) is 9.95. The molecule has 1 aromatic heterocycles. The van der Waals surface area contributed by atoms with E-state index in [0.29, 0.717) is 6.04 Å². The number of nitrogens with zero attached hydrogens (tertiary/aromatic N) is 3. The standard InChI is InChI=1S/C21H28N4O/c26-21(23-18-9-3-1-2-4-10-18)25-15-13-24(14-16-25)19-11-5-7-17-8-6-12-22-20(17)19/h5-8,11-12,18H,1-4,9-10,13-16H2,(H,23,26). The van der Waals surface area contributed by atoms with Crippen LogP contribution in [0.2, 0.25) is 0 Å². The zero-order valence-electron chi connectivity index (χ0n) is 15.4. The van der Waals surface area contributed by atoms with Crippen LogP contribution in [0.4, 0.5) is 10.5 Å². The number of fused-ring (bicyclic) bond motifs is 1. The third-order valence-electron chi connectivity index (χ3n) is 5.70. The monoisotopic (exact) mass is 352 g/mol. The Kier molecular flexibility index (Phi) is 5.23. The Balaban J connectivity index is 1.37. The van der Waals surface area contributed by atoms with E-state index in [4.69, 9.17) is 0 Å². The summed E-state index contributed by atoms with van der Waals surface area (Å²) in [5.41, 5.74) is 2.22. The van der Waals surface area contributed by atoms with E-state index < -0.39 is 0 Å². The lowest BCUT2D eigenvalue weighted by Gasteiger charge is -2.37. The number of hydrogen-bond acceptors (Lipinski definition) is 3. The van der Waals surface area contributed by atoms with E-state index in [0.717, 1.165) is 44.5 Å². The number of carbonyl (C=O) groups is 1. The first-order chi connectivity index (χ1) is 12.8. The number of anilines is 1. The van der Waals surface area contributed by atoms with Crippen molar-refractivity contribution in [3.63, 3.8) is 0 Å². The van der Waals surface area contributed by atoms with Gasteiger partial charge in [-0.05, 0) is 25.0 Å². The fourth-order valence-electron chi connectivity index (χ4n) is 4.18. The maximum atomic E-state index is 12.6. The first-order valence-electron chi connectivity index (χ1n) is 9.95. The highest BCUT2D eigenvalue weighted by Crippen LogP contribution is 2.25. The number of benzene rings is 1. The number of pyridine rings is 1. The number of aromatic nitrogens is 1. The van der Waals surface area contributed by atoms with Crippen LogP contribution in [0.5, 0.6) is 0 Å². The molecule has 138 valence electrons. The highest BCUT2D eigenvalue weighted by atomic mass is 16.2. The highest BCUT2D eigenvalue weighted by Gasteiger charge is 2.24. The lowest BCUT2D eigenvalue weighted by molar-refractivity contribution is 0.189. The molecule has 1 saturated heterocycles. The Hall–Kier alpha value is -2.30. The molecule has 0 radical (unpaired) electrons. The number of nitrogens with one attached hydrogen (secondary N) is 1. The summed E-state index contributed by atoms with van der Waals surface area (Å²) in [6.07, 6.45) is 9.22. The van der Waals surface area contributed by atoms with Crippen molar-refractivity contribution >= 4 is 22.6 Å². The van der Waals surface area contributed by atoms with Gasteiger partial charge in [0.05, 0.1) is 11.2 Å². The summed E-state index contributed by atoms with van der Waals surface area (Å²) >= 11 is 0. The molecule has 1 aliphatic heterocycles. The third-order valence-corrected chi connectivity index (χ3v) is 5.70. The largest absolute Gasteiger partial charge is 0.366 e. The second-order valence-corrected chi connectivity index (χ2v) is 7.46. The molecule has 1 aliphatic carbocycles. The van der Waals surface area contributed by atoms with Gasteiger partial charge < -0.3 is 15.1 Å². The molecule has 1 aromatic carbocycles. The summed E-state index contributed by atoms with van der Waals surface area (Å²) in [7, 11) is 0. The summed E-state index contributed by atoms with van der Waals surface area (Å²) < 4.78 is 0. The summed E-state index contributed by atoms with van der Waals surface area (Å²) in [5.74, 6) is 0. The van der Waals surface area contributed by atoms with Gasteiger partial charge in [-0.3, -0.25) is 4.98 Å². The Morgan fingerprint density at radius 3 is 2.46 bits per heavy atom.